The zero-order valence-electron chi connectivity index (χ0n) is 9.08. The van der Waals surface area contributed by atoms with E-state index in [1.165, 1.54) is 9.14 Å². The van der Waals surface area contributed by atoms with Gasteiger partial charge in [-0.1, -0.05) is 0 Å². The summed E-state index contributed by atoms with van der Waals surface area (Å²) in [6.45, 7) is 4.90. The van der Waals surface area contributed by atoms with Crippen molar-refractivity contribution in [1.29, 1.82) is 0 Å². The summed E-state index contributed by atoms with van der Waals surface area (Å²) in [4.78, 5) is 2.26. The Morgan fingerprint density at radius 1 is 1.43 bits per heavy atom. The molecule has 0 aliphatic rings. The summed E-state index contributed by atoms with van der Waals surface area (Å²) in [5, 5.41) is 0. The predicted molar refractivity (Wildman–Crippen MR) is 61.9 cm³/mol. The molecule has 1 rings (SSSR count). The summed E-state index contributed by atoms with van der Waals surface area (Å²) < 4.78 is 7.15. The molecule has 0 bridgehead atoms. The fourth-order valence-corrected chi connectivity index (χ4v) is 6.18. The molecule has 0 aliphatic heterocycles. The SMILES string of the molecule is CC[O][Sn]([CH3])[c]1ccccc1C(C)N. The molecule has 0 fully saturated rings. The minimum atomic E-state index is -1.80. The minimum absolute atomic E-state index is 0.113. The molecule has 2 N–H and O–H groups in total. The first-order valence-corrected chi connectivity index (χ1v) is 10.4. The van der Waals surface area contributed by atoms with E-state index in [1.54, 1.807) is 0 Å². The van der Waals surface area contributed by atoms with Crippen LogP contribution < -0.4 is 9.31 Å². The van der Waals surface area contributed by atoms with Gasteiger partial charge in [-0.05, 0) is 0 Å². The van der Waals surface area contributed by atoms with Crippen LogP contribution in [0.3, 0.4) is 0 Å². The Bertz CT molecular complexity index is 288. The average molecular weight is 299 g/mol. The van der Waals surface area contributed by atoms with Crippen molar-refractivity contribution in [2.45, 2.75) is 24.8 Å². The van der Waals surface area contributed by atoms with Crippen molar-refractivity contribution >= 4 is 23.8 Å². The van der Waals surface area contributed by atoms with Crippen LogP contribution >= 0.6 is 0 Å². The zero-order valence-corrected chi connectivity index (χ0v) is 11.9. The van der Waals surface area contributed by atoms with Gasteiger partial charge in [0, 0.05) is 0 Å². The van der Waals surface area contributed by atoms with Gasteiger partial charge in [-0.3, -0.25) is 0 Å². The number of hydrogen-bond donors (Lipinski definition) is 1. The molecule has 0 saturated carbocycles. The van der Waals surface area contributed by atoms with Crippen LogP contribution in [-0.2, 0) is 3.07 Å². The molecule has 0 aromatic heterocycles. The number of nitrogens with two attached hydrogens (primary N) is 1. The molecule has 1 aromatic carbocycles. The summed E-state index contributed by atoms with van der Waals surface area (Å²) in [5.41, 5.74) is 7.19. The Kier molecular flexibility index (Phi) is 4.92. The van der Waals surface area contributed by atoms with Crippen LogP contribution in [0, 0.1) is 0 Å². The van der Waals surface area contributed by atoms with E-state index in [1.807, 2.05) is 13.0 Å². The van der Waals surface area contributed by atoms with E-state index in [9.17, 15) is 0 Å². The quantitative estimate of drug-likeness (QED) is 0.857. The van der Waals surface area contributed by atoms with Gasteiger partial charge in [0.15, 0.2) is 0 Å². The molecule has 0 spiro atoms. The average Bonchev–Trinajstić information content (AvgIpc) is 2.18. The summed E-state index contributed by atoms with van der Waals surface area (Å²) in [6, 6.07) is 8.52. The molecule has 77 valence electrons. The van der Waals surface area contributed by atoms with Gasteiger partial charge in [0.1, 0.15) is 0 Å². The van der Waals surface area contributed by atoms with Gasteiger partial charge in [0.25, 0.3) is 0 Å². The molecule has 0 amide bonds. The van der Waals surface area contributed by atoms with Crippen molar-refractivity contribution in [1.82, 2.24) is 0 Å². The molecular formula is C11H18NOSn. The van der Waals surface area contributed by atoms with E-state index in [0.29, 0.717) is 0 Å². The van der Waals surface area contributed by atoms with E-state index in [0.717, 1.165) is 6.61 Å². The van der Waals surface area contributed by atoms with Crippen molar-refractivity contribution < 1.29 is 3.07 Å². The van der Waals surface area contributed by atoms with Crippen molar-refractivity contribution in [2.75, 3.05) is 6.61 Å². The summed E-state index contributed by atoms with van der Waals surface area (Å²) in [7, 11) is 0. The second-order valence-electron chi connectivity index (χ2n) is 3.37. The fraction of sp³-hybridized carbons (Fsp3) is 0.455. The maximum absolute atomic E-state index is 5.92. The first-order valence-electron chi connectivity index (χ1n) is 4.98. The fourth-order valence-electron chi connectivity index (χ4n) is 1.51. The second-order valence-corrected chi connectivity index (χ2v) is 8.90. The van der Waals surface area contributed by atoms with Crippen molar-refractivity contribution in [3.63, 3.8) is 0 Å². The van der Waals surface area contributed by atoms with Gasteiger partial charge in [0.2, 0.25) is 0 Å². The first kappa shape index (κ1) is 12.0. The van der Waals surface area contributed by atoms with E-state index >= 15 is 0 Å². The number of benzene rings is 1. The van der Waals surface area contributed by atoms with Gasteiger partial charge in [-0.25, -0.2) is 0 Å². The Balaban J connectivity index is 2.94. The molecule has 1 radical (unpaired) electrons. The van der Waals surface area contributed by atoms with Crippen LogP contribution in [0.4, 0.5) is 0 Å². The maximum atomic E-state index is 5.92. The second kappa shape index (κ2) is 5.73. The third kappa shape index (κ3) is 2.97. The molecule has 1 unspecified atom stereocenters. The summed E-state index contributed by atoms with van der Waals surface area (Å²) in [6.07, 6.45) is 0. The Labute approximate surface area is 93.7 Å². The molecule has 0 heterocycles. The van der Waals surface area contributed by atoms with E-state index in [2.05, 4.69) is 30.1 Å². The van der Waals surface area contributed by atoms with Crippen LogP contribution in [-0.4, -0.2) is 26.8 Å². The molecule has 2 nitrogen and oxygen atoms in total. The molecule has 1 atom stereocenters. The molecule has 0 saturated heterocycles. The third-order valence-electron chi connectivity index (χ3n) is 2.19. The van der Waals surface area contributed by atoms with Crippen LogP contribution in [0.5, 0.6) is 0 Å². The summed E-state index contributed by atoms with van der Waals surface area (Å²) in [5.74, 6) is 0. The number of hydrogen-bond acceptors (Lipinski definition) is 2. The van der Waals surface area contributed by atoms with Gasteiger partial charge >= 0.3 is 93.8 Å². The Hall–Kier alpha value is -0.0613. The molecule has 3 heteroatoms. The van der Waals surface area contributed by atoms with Crippen molar-refractivity contribution in [3.8, 4) is 0 Å². The summed E-state index contributed by atoms with van der Waals surface area (Å²) >= 11 is -1.80. The van der Waals surface area contributed by atoms with Gasteiger partial charge in [-0.2, -0.15) is 0 Å². The van der Waals surface area contributed by atoms with Crippen LogP contribution in [0.15, 0.2) is 24.3 Å². The van der Waals surface area contributed by atoms with Gasteiger partial charge in [0.05, 0.1) is 0 Å². The zero-order chi connectivity index (χ0) is 10.6. The Morgan fingerprint density at radius 2 is 2.07 bits per heavy atom. The van der Waals surface area contributed by atoms with E-state index in [-0.39, 0.29) is 6.04 Å². The first-order chi connectivity index (χ1) is 6.66. The normalized spacial score (nSPS) is 13.2. The Morgan fingerprint density at radius 3 is 2.64 bits per heavy atom. The third-order valence-corrected chi connectivity index (χ3v) is 7.72. The topological polar surface area (TPSA) is 35.2 Å². The van der Waals surface area contributed by atoms with E-state index in [4.69, 9.17) is 8.81 Å². The monoisotopic (exact) mass is 300 g/mol. The molecular weight excluding hydrogens is 281 g/mol. The van der Waals surface area contributed by atoms with E-state index < -0.39 is 20.2 Å². The van der Waals surface area contributed by atoms with Crippen LogP contribution in [0.25, 0.3) is 0 Å². The predicted octanol–water partition coefficient (Wildman–Crippen LogP) is 1.57. The number of rotatable bonds is 4. The van der Waals surface area contributed by atoms with Crippen molar-refractivity contribution in [3.05, 3.63) is 29.8 Å². The molecule has 1 aromatic rings. The van der Waals surface area contributed by atoms with Crippen molar-refractivity contribution in [2.24, 2.45) is 5.73 Å². The van der Waals surface area contributed by atoms with Gasteiger partial charge < -0.3 is 0 Å². The molecule has 14 heavy (non-hydrogen) atoms. The molecule has 0 aliphatic carbocycles. The van der Waals surface area contributed by atoms with Crippen LogP contribution in [0.2, 0.25) is 4.94 Å². The van der Waals surface area contributed by atoms with Gasteiger partial charge in [-0.15, -0.1) is 0 Å². The van der Waals surface area contributed by atoms with Crippen LogP contribution in [0.1, 0.15) is 25.5 Å². The standard InChI is InChI=1S/C8H10N.C2H5O.CH3.Sn/c1-7(9)8-5-3-2-4-6-8;1-2-3;;/h2-5,7H,9H2,1H3;2H2,1H3;1H3;/q;-1;;+1.